The highest BCUT2D eigenvalue weighted by Gasteiger charge is 2.18. The van der Waals surface area contributed by atoms with E-state index in [0.717, 1.165) is 45.4 Å². The molecule has 2 aromatic heterocycles. The van der Waals surface area contributed by atoms with Gasteiger partial charge in [-0.3, -0.25) is 4.98 Å². The molecule has 0 saturated carbocycles. The van der Waals surface area contributed by atoms with Crippen LogP contribution in [0.1, 0.15) is 43.4 Å². The van der Waals surface area contributed by atoms with Gasteiger partial charge in [0.1, 0.15) is 5.82 Å². The number of aromatic nitrogens is 4. The van der Waals surface area contributed by atoms with Crippen molar-refractivity contribution >= 4 is 45.0 Å². The molecule has 202 valence electrons. The smallest absolute Gasteiger partial charge is 0.163 e. The van der Waals surface area contributed by atoms with E-state index >= 15 is 0 Å². The molecule has 0 aliphatic heterocycles. The minimum atomic E-state index is 0.0766. The molecule has 6 aromatic rings. The van der Waals surface area contributed by atoms with Crippen LogP contribution in [0, 0.1) is 0 Å². The van der Waals surface area contributed by atoms with E-state index in [0.29, 0.717) is 11.6 Å². The molecule has 0 bridgehead atoms. The fraction of sp³-hybridized carbons (Fsp3) is 0.105. The Hall–Kier alpha value is -5.22. The van der Waals surface area contributed by atoms with E-state index in [-0.39, 0.29) is 5.92 Å². The van der Waals surface area contributed by atoms with Crippen molar-refractivity contribution < 1.29 is 0 Å². The summed E-state index contributed by atoms with van der Waals surface area (Å²) < 4.78 is 0. The lowest BCUT2D eigenvalue weighted by Gasteiger charge is -2.15. The maximum atomic E-state index is 5.04. The van der Waals surface area contributed by atoms with Crippen LogP contribution in [-0.2, 0) is 0 Å². The molecule has 7 rings (SSSR count). The standard InChI is InChI=1S/C38H30N4/c1-25(34-15-7-13-29-14-8-22-39-35(29)34)16-17-26(2)36-40-37(32-20-18-27-9-3-5-11-30(27)23-32)42-38(41-36)33-21-19-28-10-4-6-12-31(28)24-33/h3-20,22-24,33H,21H2,1-2H3/b25-16+,26-17+. The summed E-state index contributed by atoms with van der Waals surface area (Å²) >= 11 is 0. The molecule has 4 heteroatoms. The number of fused-ring (bicyclic) bond motifs is 3. The zero-order valence-corrected chi connectivity index (χ0v) is 23.7. The van der Waals surface area contributed by atoms with Gasteiger partial charge in [0.25, 0.3) is 0 Å². The molecule has 42 heavy (non-hydrogen) atoms. The SMILES string of the molecule is C/C(=C\C=C(/C)c1cccc2cccnc12)c1nc(-c2ccc3ccccc3c2)nc(C2C=c3ccccc3=CC2)n1. The fourth-order valence-corrected chi connectivity index (χ4v) is 5.60. The van der Waals surface area contributed by atoms with E-state index in [1.165, 1.54) is 21.2 Å². The van der Waals surface area contributed by atoms with Crippen LogP contribution in [-0.4, -0.2) is 19.9 Å². The van der Waals surface area contributed by atoms with E-state index in [1.807, 2.05) is 12.3 Å². The highest BCUT2D eigenvalue weighted by molar-refractivity contribution is 5.91. The number of nitrogens with zero attached hydrogens (tertiary/aromatic N) is 4. The Morgan fingerprint density at radius 2 is 1.45 bits per heavy atom. The molecule has 4 aromatic carbocycles. The Morgan fingerprint density at radius 3 is 2.36 bits per heavy atom. The van der Waals surface area contributed by atoms with E-state index in [9.17, 15) is 0 Å². The van der Waals surface area contributed by atoms with Gasteiger partial charge in [0.15, 0.2) is 11.6 Å². The lowest BCUT2D eigenvalue weighted by atomic mass is 9.96. The second kappa shape index (κ2) is 11.0. The summed E-state index contributed by atoms with van der Waals surface area (Å²) in [5, 5.41) is 5.98. The fourth-order valence-electron chi connectivity index (χ4n) is 5.60. The largest absolute Gasteiger partial charge is 0.256 e. The first-order chi connectivity index (χ1) is 20.6. The number of rotatable bonds is 5. The lowest BCUT2D eigenvalue weighted by Crippen LogP contribution is -2.28. The summed E-state index contributed by atoms with van der Waals surface area (Å²) in [4.78, 5) is 19.7. The third-order valence-electron chi connectivity index (χ3n) is 7.95. The third kappa shape index (κ3) is 5.04. The van der Waals surface area contributed by atoms with Crippen molar-refractivity contribution in [3.63, 3.8) is 0 Å². The second-order valence-electron chi connectivity index (χ2n) is 10.8. The highest BCUT2D eigenvalue weighted by Crippen LogP contribution is 2.28. The van der Waals surface area contributed by atoms with Crippen molar-refractivity contribution in [2.24, 2.45) is 0 Å². The van der Waals surface area contributed by atoms with E-state index < -0.39 is 0 Å². The van der Waals surface area contributed by atoms with Crippen LogP contribution in [0.5, 0.6) is 0 Å². The predicted molar refractivity (Wildman–Crippen MR) is 174 cm³/mol. The minimum absolute atomic E-state index is 0.0766. The van der Waals surface area contributed by atoms with Crippen LogP contribution in [0.4, 0.5) is 0 Å². The predicted octanol–water partition coefficient (Wildman–Crippen LogP) is 7.50. The first-order valence-corrected chi connectivity index (χ1v) is 14.3. The van der Waals surface area contributed by atoms with Gasteiger partial charge >= 0.3 is 0 Å². The summed E-state index contributed by atoms with van der Waals surface area (Å²) in [5.41, 5.74) is 5.23. The Balaban J connectivity index is 1.32. The van der Waals surface area contributed by atoms with Crippen LogP contribution in [0.2, 0.25) is 0 Å². The lowest BCUT2D eigenvalue weighted by molar-refractivity contribution is 0.798. The quantitative estimate of drug-likeness (QED) is 0.212. The van der Waals surface area contributed by atoms with Gasteiger partial charge in [0.05, 0.1) is 5.52 Å². The summed E-state index contributed by atoms with van der Waals surface area (Å²) in [7, 11) is 0. The van der Waals surface area contributed by atoms with Gasteiger partial charge in [0.2, 0.25) is 0 Å². The molecule has 0 saturated heterocycles. The first-order valence-electron chi connectivity index (χ1n) is 14.3. The minimum Gasteiger partial charge on any atom is -0.256 e. The zero-order chi connectivity index (χ0) is 28.5. The number of para-hydroxylation sites is 1. The number of hydrogen-bond donors (Lipinski definition) is 0. The molecule has 0 amide bonds. The molecule has 4 nitrogen and oxygen atoms in total. The van der Waals surface area contributed by atoms with Crippen LogP contribution in [0.3, 0.4) is 0 Å². The molecule has 1 unspecified atom stereocenters. The average molecular weight is 543 g/mol. The first kappa shape index (κ1) is 25.7. The molecule has 2 heterocycles. The van der Waals surface area contributed by atoms with Crippen molar-refractivity contribution in [2.45, 2.75) is 26.2 Å². The van der Waals surface area contributed by atoms with E-state index in [4.69, 9.17) is 15.0 Å². The van der Waals surface area contributed by atoms with Crippen molar-refractivity contribution in [3.05, 3.63) is 143 Å². The van der Waals surface area contributed by atoms with Gasteiger partial charge in [-0.25, -0.2) is 15.0 Å². The maximum absolute atomic E-state index is 5.04. The van der Waals surface area contributed by atoms with Crippen LogP contribution in [0.25, 0.3) is 56.4 Å². The van der Waals surface area contributed by atoms with Gasteiger partial charge in [-0.05, 0) is 64.8 Å². The van der Waals surface area contributed by atoms with Crippen molar-refractivity contribution in [1.82, 2.24) is 19.9 Å². The number of allylic oxidation sites excluding steroid dienone is 4. The molecular weight excluding hydrogens is 512 g/mol. The molecule has 0 spiro atoms. The molecule has 0 radical (unpaired) electrons. The second-order valence-corrected chi connectivity index (χ2v) is 10.8. The molecule has 1 aliphatic carbocycles. The molecule has 1 aliphatic rings. The van der Waals surface area contributed by atoms with Gasteiger partial charge in [-0.1, -0.05) is 109 Å². The average Bonchev–Trinajstić information content (AvgIpc) is 3.06. The van der Waals surface area contributed by atoms with E-state index in [2.05, 4.69) is 134 Å². The molecule has 1 atom stereocenters. The number of hydrogen-bond acceptors (Lipinski definition) is 4. The highest BCUT2D eigenvalue weighted by atomic mass is 15.0. The van der Waals surface area contributed by atoms with Crippen molar-refractivity contribution in [3.8, 4) is 11.4 Å². The maximum Gasteiger partial charge on any atom is 0.163 e. The van der Waals surface area contributed by atoms with Gasteiger partial charge in [-0.2, -0.15) is 0 Å². The Bertz CT molecular complexity index is 2150. The van der Waals surface area contributed by atoms with Gasteiger partial charge < -0.3 is 0 Å². The topological polar surface area (TPSA) is 51.6 Å². The summed E-state index contributed by atoms with van der Waals surface area (Å²) in [6.45, 7) is 4.19. The molecule has 0 fully saturated rings. The Labute approximate surface area is 245 Å². The normalized spacial score (nSPS) is 15.2. The van der Waals surface area contributed by atoms with Crippen molar-refractivity contribution in [2.75, 3.05) is 0 Å². The van der Waals surface area contributed by atoms with Gasteiger partial charge in [-0.15, -0.1) is 0 Å². The third-order valence-corrected chi connectivity index (χ3v) is 7.95. The number of benzene rings is 4. The van der Waals surface area contributed by atoms with Crippen LogP contribution >= 0.6 is 0 Å². The summed E-state index contributed by atoms with van der Waals surface area (Å²) in [6.07, 6.45) is 11.5. The molecule has 0 N–H and O–H groups in total. The Kier molecular flexibility index (Phi) is 6.73. The summed E-state index contributed by atoms with van der Waals surface area (Å²) in [6, 6.07) is 33.6. The van der Waals surface area contributed by atoms with Gasteiger partial charge in [0, 0.05) is 28.6 Å². The summed E-state index contributed by atoms with van der Waals surface area (Å²) in [5.74, 6) is 2.25. The van der Waals surface area contributed by atoms with Crippen LogP contribution in [0.15, 0.2) is 115 Å². The van der Waals surface area contributed by atoms with Crippen LogP contribution < -0.4 is 10.4 Å². The molecular formula is C38H30N4. The van der Waals surface area contributed by atoms with Crippen molar-refractivity contribution in [1.29, 1.82) is 0 Å². The van der Waals surface area contributed by atoms with E-state index in [1.54, 1.807) is 0 Å². The number of pyridine rings is 1. The Morgan fingerprint density at radius 1 is 0.690 bits per heavy atom. The zero-order valence-electron chi connectivity index (χ0n) is 23.7. The monoisotopic (exact) mass is 542 g/mol.